The van der Waals surface area contributed by atoms with Crippen LogP contribution in [0.2, 0.25) is 0 Å². The normalized spacial score (nSPS) is 15.7. The van der Waals surface area contributed by atoms with E-state index in [1.807, 2.05) is 37.3 Å². The van der Waals surface area contributed by atoms with Gasteiger partial charge >= 0.3 is 6.18 Å². The van der Waals surface area contributed by atoms with E-state index in [2.05, 4.69) is 10.4 Å². The van der Waals surface area contributed by atoms with E-state index in [4.69, 9.17) is 0 Å². The van der Waals surface area contributed by atoms with E-state index in [1.54, 1.807) is 0 Å². The Hall–Kier alpha value is -2.31. The number of halogens is 3. The number of nitrogens with one attached hydrogen (secondary N) is 1. The largest absolute Gasteiger partial charge is 0.435 e. The zero-order valence-electron chi connectivity index (χ0n) is 14.6. The van der Waals surface area contributed by atoms with E-state index < -0.39 is 11.9 Å². The van der Waals surface area contributed by atoms with E-state index in [0.717, 1.165) is 30.9 Å². The summed E-state index contributed by atoms with van der Waals surface area (Å²) in [5.41, 5.74) is 0.719. The van der Waals surface area contributed by atoms with Crippen LogP contribution in [0.1, 0.15) is 61.5 Å². The third-order valence-electron chi connectivity index (χ3n) is 4.59. The number of alkyl halides is 3. The Morgan fingerprint density at radius 2 is 2.00 bits per heavy atom. The van der Waals surface area contributed by atoms with Gasteiger partial charge in [0.15, 0.2) is 5.69 Å². The van der Waals surface area contributed by atoms with Gasteiger partial charge in [-0.1, -0.05) is 37.3 Å². The molecule has 0 saturated heterocycles. The quantitative estimate of drug-likeness (QED) is 0.789. The SMILES string of the molecule is CCC(NC(=O)CCn1nc(C(F)(F)F)cc1C1CC1)c1ccccc1. The summed E-state index contributed by atoms with van der Waals surface area (Å²) in [5, 5.41) is 6.64. The Kier molecular flexibility index (Phi) is 5.34. The van der Waals surface area contributed by atoms with Gasteiger partial charge in [-0.05, 0) is 30.9 Å². The number of hydrogen-bond donors (Lipinski definition) is 1. The van der Waals surface area contributed by atoms with Crippen LogP contribution in [0.25, 0.3) is 0 Å². The van der Waals surface area contributed by atoms with Gasteiger partial charge in [0, 0.05) is 24.6 Å². The molecular formula is C19H22F3N3O. The zero-order chi connectivity index (χ0) is 18.7. The van der Waals surface area contributed by atoms with Crippen LogP contribution in [-0.4, -0.2) is 15.7 Å². The third kappa shape index (κ3) is 4.45. The number of aromatic nitrogens is 2. The lowest BCUT2D eigenvalue weighted by molar-refractivity contribution is -0.141. The number of aryl methyl sites for hydroxylation is 1. The maximum absolute atomic E-state index is 12.9. The number of benzene rings is 1. The molecule has 0 radical (unpaired) electrons. The van der Waals surface area contributed by atoms with Crippen LogP contribution >= 0.6 is 0 Å². The summed E-state index contributed by atoms with van der Waals surface area (Å²) in [7, 11) is 0. The molecule has 0 spiro atoms. The molecular weight excluding hydrogens is 343 g/mol. The van der Waals surface area contributed by atoms with Gasteiger partial charge in [0.2, 0.25) is 5.91 Å². The molecule has 1 unspecified atom stereocenters. The molecule has 1 fully saturated rings. The fourth-order valence-electron chi connectivity index (χ4n) is 3.04. The monoisotopic (exact) mass is 365 g/mol. The zero-order valence-corrected chi connectivity index (χ0v) is 14.6. The summed E-state index contributed by atoms with van der Waals surface area (Å²) >= 11 is 0. The van der Waals surface area contributed by atoms with Crippen molar-refractivity contribution in [2.75, 3.05) is 0 Å². The highest BCUT2D eigenvalue weighted by Crippen LogP contribution is 2.42. The predicted octanol–water partition coefficient (Wildman–Crippen LogP) is 4.44. The van der Waals surface area contributed by atoms with Crippen LogP contribution in [0.15, 0.2) is 36.4 Å². The second-order valence-electron chi connectivity index (χ2n) is 6.64. The molecule has 1 saturated carbocycles. The highest BCUT2D eigenvalue weighted by molar-refractivity contribution is 5.76. The average Bonchev–Trinajstić information content (AvgIpc) is 3.36. The van der Waals surface area contributed by atoms with Crippen LogP contribution in [0.5, 0.6) is 0 Å². The van der Waals surface area contributed by atoms with Crippen LogP contribution in [0.3, 0.4) is 0 Å². The Balaban J connectivity index is 1.63. The molecule has 3 rings (SSSR count). The minimum atomic E-state index is -4.46. The number of rotatable bonds is 7. The van der Waals surface area contributed by atoms with E-state index in [0.29, 0.717) is 5.69 Å². The van der Waals surface area contributed by atoms with Crippen molar-refractivity contribution in [2.45, 2.75) is 57.3 Å². The third-order valence-corrected chi connectivity index (χ3v) is 4.59. The van der Waals surface area contributed by atoms with Crippen molar-refractivity contribution in [3.05, 3.63) is 53.3 Å². The first-order valence-corrected chi connectivity index (χ1v) is 8.87. The topological polar surface area (TPSA) is 46.9 Å². The van der Waals surface area contributed by atoms with Gasteiger partial charge in [-0.15, -0.1) is 0 Å². The lowest BCUT2D eigenvalue weighted by atomic mass is 10.0. The smallest absolute Gasteiger partial charge is 0.349 e. The highest BCUT2D eigenvalue weighted by atomic mass is 19.4. The van der Waals surface area contributed by atoms with Crippen molar-refractivity contribution in [1.82, 2.24) is 15.1 Å². The molecule has 2 aromatic rings. The molecule has 4 nitrogen and oxygen atoms in total. The molecule has 1 aliphatic rings. The van der Waals surface area contributed by atoms with Crippen molar-refractivity contribution in [3.8, 4) is 0 Å². The maximum atomic E-state index is 12.9. The summed E-state index contributed by atoms with van der Waals surface area (Å²) in [6, 6.07) is 10.6. The summed E-state index contributed by atoms with van der Waals surface area (Å²) in [6.07, 6.45) is -1.87. The molecule has 1 aromatic carbocycles. The summed E-state index contributed by atoms with van der Waals surface area (Å²) < 4.78 is 40.1. The number of hydrogen-bond acceptors (Lipinski definition) is 2. The number of carbonyl (C=O) groups is 1. The number of carbonyl (C=O) groups excluding carboxylic acids is 1. The number of nitrogens with zero attached hydrogens (tertiary/aromatic N) is 2. The number of amides is 1. The molecule has 0 aliphatic heterocycles. The summed E-state index contributed by atoms with van der Waals surface area (Å²) in [6.45, 7) is 2.13. The molecule has 1 aromatic heterocycles. The van der Waals surface area contributed by atoms with Crippen molar-refractivity contribution >= 4 is 5.91 Å². The Labute approximate surface area is 150 Å². The predicted molar refractivity (Wildman–Crippen MR) is 91.4 cm³/mol. The van der Waals surface area contributed by atoms with Crippen molar-refractivity contribution < 1.29 is 18.0 Å². The second-order valence-corrected chi connectivity index (χ2v) is 6.64. The average molecular weight is 365 g/mol. The van der Waals surface area contributed by atoms with E-state index in [-0.39, 0.29) is 30.8 Å². The van der Waals surface area contributed by atoms with Gasteiger partial charge in [0.25, 0.3) is 0 Å². The minimum Gasteiger partial charge on any atom is -0.349 e. The van der Waals surface area contributed by atoms with Gasteiger partial charge < -0.3 is 5.32 Å². The summed E-state index contributed by atoms with van der Waals surface area (Å²) in [4.78, 5) is 12.3. The Morgan fingerprint density at radius 1 is 1.31 bits per heavy atom. The molecule has 1 aliphatic carbocycles. The van der Waals surface area contributed by atoms with Crippen molar-refractivity contribution in [2.24, 2.45) is 0 Å². The molecule has 1 heterocycles. The molecule has 1 N–H and O–H groups in total. The van der Waals surface area contributed by atoms with E-state index in [9.17, 15) is 18.0 Å². The first-order valence-electron chi connectivity index (χ1n) is 8.87. The summed E-state index contributed by atoms with van der Waals surface area (Å²) in [5.74, 6) is -0.0547. The van der Waals surface area contributed by atoms with Gasteiger partial charge in [0.05, 0.1) is 6.04 Å². The van der Waals surface area contributed by atoms with Crippen LogP contribution in [-0.2, 0) is 17.5 Å². The molecule has 7 heteroatoms. The first kappa shape index (κ1) is 18.5. The van der Waals surface area contributed by atoms with Gasteiger partial charge in [-0.3, -0.25) is 9.48 Å². The fraction of sp³-hybridized carbons (Fsp3) is 0.474. The van der Waals surface area contributed by atoms with Crippen molar-refractivity contribution in [3.63, 3.8) is 0 Å². The molecule has 0 bridgehead atoms. The van der Waals surface area contributed by atoms with E-state index >= 15 is 0 Å². The lowest BCUT2D eigenvalue weighted by Gasteiger charge is -2.17. The second kappa shape index (κ2) is 7.51. The van der Waals surface area contributed by atoms with Crippen LogP contribution < -0.4 is 5.32 Å². The van der Waals surface area contributed by atoms with Crippen molar-refractivity contribution in [1.29, 1.82) is 0 Å². The Bertz CT molecular complexity index is 751. The minimum absolute atomic E-state index is 0.0992. The van der Waals surface area contributed by atoms with Gasteiger partial charge in [-0.2, -0.15) is 18.3 Å². The molecule has 140 valence electrons. The lowest BCUT2D eigenvalue weighted by Crippen LogP contribution is -2.29. The first-order chi connectivity index (χ1) is 12.4. The molecule has 1 atom stereocenters. The fourth-order valence-corrected chi connectivity index (χ4v) is 3.04. The Morgan fingerprint density at radius 3 is 2.58 bits per heavy atom. The van der Waals surface area contributed by atoms with Crippen LogP contribution in [0.4, 0.5) is 13.2 Å². The van der Waals surface area contributed by atoms with Gasteiger partial charge in [0.1, 0.15) is 0 Å². The highest BCUT2D eigenvalue weighted by Gasteiger charge is 2.37. The standard InChI is InChI=1S/C19H22F3N3O/c1-2-15(13-6-4-3-5-7-13)23-18(26)10-11-25-16(14-8-9-14)12-17(24-25)19(20,21)22/h3-7,12,14-15H,2,8-11H2,1H3,(H,23,26). The molecule has 1 amide bonds. The van der Waals surface area contributed by atoms with Gasteiger partial charge in [-0.25, -0.2) is 0 Å². The van der Waals surface area contributed by atoms with Crippen LogP contribution in [0, 0.1) is 0 Å². The molecule has 26 heavy (non-hydrogen) atoms. The maximum Gasteiger partial charge on any atom is 0.435 e. The van der Waals surface area contributed by atoms with E-state index in [1.165, 1.54) is 4.68 Å².